The Morgan fingerprint density at radius 2 is 1.67 bits per heavy atom. The third-order valence-electron chi connectivity index (χ3n) is 3.66. The molecule has 110 valence electrons. The minimum atomic E-state index is -0.0934. The molecule has 2 aromatic rings. The van der Waals surface area contributed by atoms with Gasteiger partial charge >= 0.3 is 0 Å². The highest BCUT2D eigenvalue weighted by molar-refractivity contribution is 9.10. The fourth-order valence-corrected chi connectivity index (χ4v) is 2.67. The van der Waals surface area contributed by atoms with E-state index < -0.39 is 0 Å². The highest BCUT2D eigenvalue weighted by atomic mass is 79.9. The van der Waals surface area contributed by atoms with Crippen molar-refractivity contribution in [2.24, 2.45) is 0 Å². The molecule has 0 aliphatic carbocycles. The summed E-state index contributed by atoms with van der Waals surface area (Å²) >= 11 is 3.42. The zero-order chi connectivity index (χ0) is 15.2. The lowest BCUT2D eigenvalue weighted by molar-refractivity contribution is -0.123. The van der Waals surface area contributed by atoms with Gasteiger partial charge in [-0.25, -0.2) is 0 Å². The molecule has 2 nitrogen and oxygen atoms in total. The minimum Gasteiger partial charge on any atom is -0.349 e. The molecule has 3 heteroatoms. The number of halogens is 1. The van der Waals surface area contributed by atoms with Gasteiger partial charge in [-0.1, -0.05) is 65.3 Å². The number of carbonyl (C=O) groups excluding carboxylic acids is 1. The van der Waals surface area contributed by atoms with E-state index in [0.717, 1.165) is 22.0 Å². The largest absolute Gasteiger partial charge is 0.349 e. The SMILES string of the molecule is CCC(C(=O)NC(C)c1ccc(Br)cc1)c1ccccc1. The molecule has 0 spiro atoms. The second kappa shape index (κ2) is 7.41. The Morgan fingerprint density at radius 1 is 1.05 bits per heavy atom. The molecule has 2 atom stereocenters. The molecular weight excluding hydrogens is 326 g/mol. The Kier molecular flexibility index (Phi) is 5.57. The molecule has 2 rings (SSSR count). The van der Waals surface area contributed by atoms with E-state index in [1.165, 1.54) is 0 Å². The summed E-state index contributed by atoms with van der Waals surface area (Å²) in [5.74, 6) is -0.0109. The molecule has 21 heavy (non-hydrogen) atoms. The molecule has 1 N–H and O–H groups in total. The summed E-state index contributed by atoms with van der Waals surface area (Å²) in [4.78, 5) is 12.5. The number of amides is 1. The Morgan fingerprint density at radius 3 is 2.24 bits per heavy atom. The predicted octanol–water partition coefficient (Wildman–Crippen LogP) is 4.82. The van der Waals surface area contributed by atoms with Crippen molar-refractivity contribution in [3.63, 3.8) is 0 Å². The van der Waals surface area contributed by atoms with Crippen molar-refractivity contribution in [2.45, 2.75) is 32.2 Å². The van der Waals surface area contributed by atoms with Crippen LogP contribution in [-0.4, -0.2) is 5.91 Å². The van der Waals surface area contributed by atoms with Crippen LogP contribution in [0, 0.1) is 0 Å². The van der Waals surface area contributed by atoms with E-state index in [4.69, 9.17) is 0 Å². The lowest BCUT2D eigenvalue weighted by Gasteiger charge is -2.20. The molecule has 0 radical (unpaired) electrons. The van der Waals surface area contributed by atoms with Crippen molar-refractivity contribution in [3.8, 4) is 0 Å². The third kappa shape index (κ3) is 4.18. The normalized spacial score (nSPS) is 13.5. The van der Waals surface area contributed by atoms with Crippen molar-refractivity contribution in [1.29, 1.82) is 0 Å². The molecule has 0 bridgehead atoms. The number of nitrogens with one attached hydrogen (secondary N) is 1. The van der Waals surface area contributed by atoms with Crippen LogP contribution in [0.3, 0.4) is 0 Å². The monoisotopic (exact) mass is 345 g/mol. The summed E-state index contributed by atoms with van der Waals surface area (Å²) < 4.78 is 1.04. The number of rotatable bonds is 5. The fourth-order valence-electron chi connectivity index (χ4n) is 2.41. The first-order valence-corrected chi connectivity index (χ1v) is 8.02. The van der Waals surface area contributed by atoms with Crippen molar-refractivity contribution >= 4 is 21.8 Å². The van der Waals surface area contributed by atoms with Gasteiger partial charge in [0.15, 0.2) is 0 Å². The first-order chi connectivity index (χ1) is 10.1. The van der Waals surface area contributed by atoms with Crippen molar-refractivity contribution in [2.75, 3.05) is 0 Å². The summed E-state index contributed by atoms with van der Waals surface area (Å²) in [5, 5.41) is 3.11. The van der Waals surface area contributed by atoms with Crippen LogP contribution in [0.5, 0.6) is 0 Å². The van der Waals surface area contributed by atoms with E-state index in [1.807, 2.05) is 68.4 Å². The first kappa shape index (κ1) is 15.8. The second-order valence-electron chi connectivity index (χ2n) is 5.15. The van der Waals surface area contributed by atoms with Gasteiger partial charge in [0.1, 0.15) is 0 Å². The first-order valence-electron chi connectivity index (χ1n) is 7.22. The zero-order valence-corrected chi connectivity index (χ0v) is 13.9. The number of hydrogen-bond acceptors (Lipinski definition) is 1. The van der Waals surface area contributed by atoms with Crippen molar-refractivity contribution in [1.82, 2.24) is 5.32 Å². The third-order valence-corrected chi connectivity index (χ3v) is 4.18. The predicted molar refractivity (Wildman–Crippen MR) is 90.2 cm³/mol. The summed E-state index contributed by atoms with van der Waals surface area (Å²) in [6.07, 6.45) is 0.795. The van der Waals surface area contributed by atoms with Gasteiger partial charge in [-0.15, -0.1) is 0 Å². The molecule has 2 aromatic carbocycles. The molecule has 2 unspecified atom stereocenters. The van der Waals surface area contributed by atoms with Crippen molar-refractivity contribution in [3.05, 3.63) is 70.2 Å². The van der Waals surface area contributed by atoms with E-state index in [-0.39, 0.29) is 17.9 Å². The molecule has 0 saturated heterocycles. The topological polar surface area (TPSA) is 29.1 Å². The van der Waals surface area contributed by atoms with Crippen LogP contribution in [0.4, 0.5) is 0 Å². The van der Waals surface area contributed by atoms with Crippen LogP contribution in [0.2, 0.25) is 0 Å². The molecule has 0 aliphatic heterocycles. The van der Waals surface area contributed by atoms with Crippen LogP contribution in [-0.2, 0) is 4.79 Å². The van der Waals surface area contributed by atoms with Gasteiger partial charge in [0.25, 0.3) is 0 Å². The van der Waals surface area contributed by atoms with Crippen LogP contribution in [0.25, 0.3) is 0 Å². The van der Waals surface area contributed by atoms with Gasteiger partial charge in [0.05, 0.1) is 12.0 Å². The molecule has 0 aromatic heterocycles. The maximum Gasteiger partial charge on any atom is 0.228 e. The smallest absolute Gasteiger partial charge is 0.228 e. The molecule has 0 aliphatic rings. The summed E-state index contributed by atoms with van der Waals surface area (Å²) in [6.45, 7) is 4.06. The molecule has 0 heterocycles. The van der Waals surface area contributed by atoms with Crippen LogP contribution < -0.4 is 5.32 Å². The molecular formula is C18H20BrNO. The molecule has 0 saturated carbocycles. The van der Waals surface area contributed by atoms with Gasteiger partial charge in [0.2, 0.25) is 5.91 Å². The van der Waals surface area contributed by atoms with Gasteiger partial charge < -0.3 is 5.32 Å². The Bertz CT molecular complexity index is 580. The average Bonchev–Trinajstić information content (AvgIpc) is 2.49. The van der Waals surface area contributed by atoms with E-state index >= 15 is 0 Å². The highest BCUT2D eigenvalue weighted by Crippen LogP contribution is 2.22. The van der Waals surface area contributed by atoms with E-state index in [0.29, 0.717) is 0 Å². The standard InChI is InChI=1S/C18H20BrNO/c1-3-17(15-7-5-4-6-8-15)18(21)20-13(2)14-9-11-16(19)12-10-14/h4-13,17H,3H2,1-2H3,(H,20,21). The molecule has 1 amide bonds. The fraction of sp³-hybridized carbons (Fsp3) is 0.278. The van der Waals surface area contributed by atoms with E-state index in [2.05, 4.69) is 21.2 Å². The lowest BCUT2D eigenvalue weighted by Crippen LogP contribution is -2.31. The van der Waals surface area contributed by atoms with Gasteiger partial charge in [-0.3, -0.25) is 4.79 Å². The van der Waals surface area contributed by atoms with E-state index in [1.54, 1.807) is 0 Å². The van der Waals surface area contributed by atoms with Gasteiger partial charge in [0, 0.05) is 4.47 Å². The maximum atomic E-state index is 12.5. The minimum absolute atomic E-state index is 0.00311. The Balaban J connectivity index is 2.07. The second-order valence-corrected chi connectivity index (χ2v) is 6.07. The van der Waals surface area contributed by atoms with Crippen LogP contribution in [0.15, 0.2) is 59.1 Å². The lowest BCUT2D eigenvalue weighted by atomic mass is 9.95. The van der Waals surface area contributed by atoms with Gasteiger partial charge in [-0.05, 0) is 36.6 Å². The van der Waals surface area contributed by atoms with E-state index in [9.17, 15) is 4.79 Å². The summed E-state index contributed by atoms with van der Waals surface area (Å²) in [6, 6.07) is 18.0. The number of hydrogen-bond donors (Lipinski definition) is 1. The molecule has 0 fully saturated rings. The zero-order valence-electron chi connectivity index (χ0n) is 12.3. The number of carbonyl (C=O) groups is 1. The Hall–Kier alpha value is -1.61. The Labute approximate surface area is 134 Å². The number of benzene rings is 2. The highest BCUT2D eigenvalue weighted by Gasteiger charge is 2.20. The maximum absolute atomic E-state index is 12.5. The average molecular weight is 346 g/mol. The summed E-state index contributed by atoms with van der Waals surface area (Å²) in [7, 11) is 0. The quantitative estimate of drug-likeness (QED) is 0.826. The summed E-state index contributed by atoms with van der Waals surface area (Å²) in [5.41, 5.74) is 2.18. The van der Waals surface area contributed by atoms with Crippen LogP contribution >= 0.6 is 15.9 Å². The van der Waals surface area contributed by atoms with Crippen LogP contribution in [0.1, 0.15) is 43.4 Å². The van der Waals surface area contributed by atoms with Gasteiger partial charge in [-0.2, -0.15) is 0 Å². The van der Waals surface area contributed by atoms with Crippen molar-refractivity contribution < 1.29 is 4.79 Å².